The lowest BCUT2D eigenvalue weighted by molar-refractivity contribution is 0.343. The Morgan fingerprint density at radius 1 is 1.35 bits per heavy atom. The van der Waals surface area contributed by atoms with Crippen molar-refractivity contribution in [3.8, 4) is 5.75 Å². The van der Waals surface area contributed by atoms with E-state index >= 15 is 0 Å². The minimum atomic E-state index is 0.514. The molecule has 0 heterocycles. The molecule has 0 aliphatic carbocycles. The van der Waals surface area contributed by atoms with Crippen LogP contribution in [0.2, 0.25) is 0 Å². The van der Waals surface area contributed by atoms with Gasteiger partial charge in [-0.25, -0.2) is 0 Å². The highest BCUT2D eigenvalue weighted by atomic mass is 32.2. The molecule has 0 saturated heterocycles. The monoisotopic (exact) mass is 253 g/mol. The summed E-state index contributed by atoms with van der Waals surface area (Å²) in [6.45, 7) is 8.17. The maximum atomic E-state index is 5.71. The van der Waals surface area contributed by atoms with Crippen molar-refractivity contribution in [2.24, 2.45) is 0 Å². The lowest BCUT2D eigenvalue weighted by Gasteiger charge is -2.10. The van der Waals surface area contributed by atoms with E-state index in [1.807, 2.05) is 17.8 Å². The predicted octanol–water partition coefficient (Wildman–Crippen LogP) is 3.32. The second kappa shape index (κ2) is 8.43. The zero-order chi connectivity index (χ0) is 12.5. The Morgan fingerprint density at radius 3 is 2.88 bits per heavy atom. The lowest BCUT2D eigenvalue weighted by atomic mass is 10.2. The maximum Gasteiger partial charge on any atom is 0.119 e. The van der Waals surface area contributed by atoms with E-state index in [4.69, 9.17) is 4.74 Å². The fourth-order valence-corrected chi connectivity index (χ4v) is 1.92. The van der Waals surface area contributed by atoms with Crippen molar-refractivity contribution in [1.29, 1.82) is 0 Å². The number of hydrogen-bond acceptors (Lipinski definition) is 3. The van der Waals surface area contributed by atoms with Crippen LogP contribution >= 0.6 is 11.8 Å². The Labute approximate surface area is 109 Å². The van der Waals surface area contributed by atoms with Crippen LogP contribution in [0.3, 0.4) is 0 Å². The van der Waals surface area contributed by atoms with Gasteiger partial charge in [0.15, 0.2) is 0 Å². The largest absolute Gasteiger partial charge is 0.493 e. The Morgan fingerprint density at radius 2 is 2.18 bits per heavy atom. The van der Waals surface area contributed by atoms with Gasteiger partial charge in [-0.2, -0.15) is 11.8 Å². The predicted molar refractivity (Wildman–Crippen MR) is 76.9 cm³/mol. The van der Waals surface area contributed by atoms with Crippen LogP contribution in [0, 0.1) is 0 Å². The third kappa shape index (κ3) is 6.59. The van der Waals surface area contributed by atoms with Crippen LogP contribution in [-0.4, -0.2) is 24.2 Å². The van der Waals surface area contributed by atoms with Gasteiger partial charge in [0, 0.05) is 18.3 Å². The van der Waals surface area contributed by atoms with Gasteiger partial charge in [0.25, 0.3) is 0 Å². The van der Waals surface area contributed by atoms with Crippen molar-refractivity contribution in [1.82, 2.24) is 5.32 Å². The molecule has 1 aromatic rings. The van der Waals surface area contributed by atoms with E-state index in [9.17, 15) is 0 Å². The van der Waals surface area contributed by atoms with Crippen LogP contribution in [0.5, 0.6) is 5.75 Å². The van der Waals surface area contributed by atoms with E-state index in [-0.39, 0.29) is 0 Å². The zero-order valence-electron chi connectivity index (χ0n) is 11.0. The summed E-state index contributed by atoms with van der Waals surface area (Å²) in [4.78, 5) is 0. The summed E-state index contributed by atoms with van der Waals surface area (Å²) in [6, 6.07) is 8.84. The van der Waals surface area contributed by atoms with Crippen LogP contribution < -0.4 is 10.1 Å². The normalized spacial score (nSPS) is 10.8. The molecule has 0 spiro atoms. The molecule has 0 unspecified atom stereocenters. The van der Waals surface area contributed by atoms with Gasteiger partial charge in [-0.05, 0) is 23.4 Å². The third-order valence-electron chi connectivity index (χ3n) is 2.31. The van der Waals surface area contributed by atoms with Gasteiger partial charge in [0.2, 0.25) is 0 Å². The van der Waals surface area contributed by atoms with Gasteiger partial charge in [-0.3, -0.25) is 0 Å². The van der Waals surface area contributed by atoms with Gasteiger partial charge >= 0.3 is 0 Å². The van der Waals surface area contributed by atoms with Crippen molar-refractivity contribution in [3.63, 3.8) is 0 Å². The summed E-state index contributed by atoms with van der Waals surface area (Å²) in [6.07, 6.45) is 0. The molecule has 3 heteroatoms. The van der Waals surface area contributed by atoms with E-state index in [2.05, 4.69) is 44.3 Å². The number of benzene rings is 1. The number of ether oxygens (including phenoxy) is 1. The van der Waals surface area contributed by atoms with Crippen molar-refractivity contribution < 1.29 is 4.74 Å². The third-order valence-corrected chi connectivity index (χ3v) is 3.18. The molecular formula is C14H23NOS. The smallest absolute Gasteiger partial charge is 0.119 e. The first-order valence-electron chi connectivity index (χ1n) is 6.25. The molecule has 0 aliphatic heterocycles. The summed E-state index contributed by atoms with van der Waals surface area (Å²) >= 11 is 1.91. The summed E-state index contributed by atoms with van der Waals surface area (Å²) in [5.74, 6) is 3.19. The number of rotatable bonds is 8. The highest BCUT2D eigenvalue weighted by Gasteiger charge is 1.98. The molecule has 0 bridgehead atoms. The SMILES string of the molecule is CCSCCOc1cccc(CNC(C)C)c1. The summed E-state index contributed by atoms with van der Waals surface area (Å²) in [5.41, 5.74) is 1.28. The number of thioether (sulfide) groups is 1. The molecule has 0 fully saturated rings. The van der Waals surface area contributed by atoms with Crippen molar-refractivity contribution in [2.75, 3.05) is 18.1 Å². The summed E-state index contributed by atoms with van der Waals surface area (Å²) in [5, 5.41) is 3.41. The summed E-state index contributed by atoms with van der Waals surface area (Å²) in [7, 11) is 0. The van der Waals surface area contributed by atoms with Crippen molar-refractivity contribution in [3.05, 3.63) is 29.8 Å². The molecule has 0 radical (unpaired) electrons. The maximum absolute atomic E-state index is 5.71. The quantitative estimate of drug-likeness (QED) is 0.718. The van der Waals surface area contributed by atoms with Crippen molar-refractivity contribution >= 4 is 11.8 Å². The molecule has 0 amide bonds. The highest BCUT2D eigenvalue weighted by Crippen LogP contribution is 2.13. The molecule has 2 nitrogen and oxygen atoms in total. The van der Waals surface area contributed by atoms with Gasteiger partial charge in [-0.1, -0.05) is 32.9 Å². The average molecular weight is 253 g/mol. The number of nitrogens with one attached hydrogen (secondary N) is 1. The first kappa shape index (κ1) is 14.4. The minimum absolute atomic E-state index is 0.514. The average Bonchev–Trinajstić information content (AvgIpc) is 2.33. The Hall–Kier alpha value is -0.670. The molecule has 0 saturated carbocycles. The Balaban J connectivity index is 2.37. The first-order chi connectivity index (χ1) is 8.22. The number of hydrogen-bond donors (Lipinski definition) is 1. The molecular weight excluding hydrogens is 230 g/mol. The van der Waals surface area contributed by atoms with E-state index in [0.29, 0.717) is 6.04 Å². The Bertz CT molecular complexity index is 315. The van der Waals surface area contributed by atoms with Gasteiger partial charge in [0.05, 0.1) is 6.61 Å². The van der Waals surface area contributed by atoms with E-state index in [1.165, 1.54) is 5.56 Å². The van der Waals surface area contributed by atoms with Crippen LogP contribution in [-0.2, 0) is 6.54 Å². The second-order valence-corrected chi connectivity index (χ2v) is 5.62. The molecule has 1 aromatic carbocycles. The molecule has 0 aromatic heterocycles. The van der Waals surface area contributed by atoms with Crippen molar-refractivity contribution in [2.45, 2.75) is 33.4 Å². The van der Waals surface area contributed by atoms with Crippen LogP contribution in [0.25, 0.3) is 0 Å². The fraction of sp³-hybridized carbons (Fsp3) is 0.571. The van der Waals surface area contributed by atoms with E-state index < -0.39 is 0 Å². The minimum Gasteiger partial charge on any atom is -0.493 e. The molecule has 1 rings (SSSR count). The molecule has 0 aliphatic rings. The Kier molecular flexibility index (Phi) is 7.13. The standard InChI is InChI=1S/C14H23NOS/c1-4-17-9-8-16-14-7-5-6-13(10-14)11-15-12(2)3/h5-7,10,12,15H,4,8-9,11H2,1-3H3. The molecule has 0 atom stereocenters. The second-order valence-electron chi connectivity index (χ2n) is 4.23. The molecule has 17 heavy (non-hydrogen) atoms. The first-order valence-corrected chi connectivity index (χ1v) is 7.40. The van der Waals surface area contributed by atoms with Crippen LogP contribution in [0.4, 0.5) is 0 Å². The van der Waals surface area contributed by atoms with Crippen LogP contribution in [0.1, 0.15) is 26.3 Å². The van der Waals surface area contributed by atoms with Gasteiger partial charge in [0.1, 0.15) is 5.75 Å². The van der Waals surface area contributed by atoms with Gasteiger partial charge in [-0.15, -0.1) is 0 Å². The molecule has 96 valence electrons. The fourth-order valence-electron chi connectivity index (χ4n) is 1.43. The van der Waals surface area contributed by atoms with E-state index in [0.717, 1.165) is 30.4 Å². The van der Waals surface area contributed by atoms with Crippen LogP contribution in [0.15, 0.2) is 24.3 Å². The topological polar surface area (TPSA) is 21.3 Å². The zero-order valence-corrected chi connectivity index (χ0v) is 11.8. The summed E-state index contributed by atoms with van der Waals surface area (Å²) < 4.78 is 5.71. The molecule has 1 N–H and O–H groups in total. The lowest BCUT2D eigenvalue weighted by Crippen LogP contribution is -2.21. The van der Waals surface area contributed by atoms with E-state index in [1.54, 1.807) is 0 Å². The van der Waals surface area contributed by atoms with Gasteiger partial charge < -0.3 is 10.1 Å². The highest BCUT2D eigenvalue weighted by molar-refractivity contribution is 7.99.